The molecule has 7 nitrogen and oxygen atoms in total. The summed E-state index contributed by atoms with van der Waals surface area (Å²) in [4.78, 5) is 36.2. The zero-order chi connectivity index (χ0) is 22.1. The molecule has 0 aliphatic heterocycles. The van der Waals surface area contributed by atoms with E-state index in [1.54, 1.807) is 24.3 Å². The van der Waals surface area contributed by atoms with Crippen LogP contribution in [-0.4, -0.2) is 41.1 Å². The van der Waals surface area contributed by atoms with E-state index in [-0.39, 0.29) is 6.61 Å². The van der Waals surface area contributed by atoms with Gasteiger partial charge < -0.3 is 15.6 Å². The van der Waals surface area contributed by atoms with Crippen LogP contribution >= 0.6 is 0 Å². The SMILES string of the molecule is CCCCN(CC(=O)O)C(=O)OCc1ccc(C(C(N)=O)c2ccc(F)cc2)cc1. The van der Waals surface area contributed by atoms with E-state index in [0.717, 1.165) is 11.3 Å². The standard InChI is InChI=1S/C22H25FN2O5/c1-2-3-12-25(13-19(26)27)22(29)30-14-15-4-6-16(7-5-15)20(21(24)28)17-8-10-18(23)11-9-17/h4-11,20H,2-3,12-14H2,1H3,(H2,24,28)(H,26,27). The van der Waals surface area contributed by atoms with E-state index in [1.165, 1.54) is 24.3 Å². The molecule has 1 unspecified atom stereocenters. The summed E-state index contributed by atoms with van der Waals surface area (Å²) < 4.78 is 18.4. The van der Waals surface area contributed by atoms with Crippen LogP contribution in [0.15, 0.2) is 48.5 Å². The lowest BCUT2D eigenvalue weighted by Crippen LogP contribution is -2.36. The first-order valence-corrected chi connectivity index (χ1v) is 9.59. The monoisotopic (exact) mass is 416 g/mol. The molecule has 0 aliphatic carbocycles. The Hall–Kier alpha value is -3.42. The topological polar surface area (TPSA) is 110 Å². The minimum absolute atomic E-state index is 0.0425. The van der Waals surface area contributed by atoms with E-state index in [4.69, 9.17) is 15.6 Å². The third-order valence-electron chi connectivity index (χ3n) is 4.53. The maximum absolute atomic E-state index is 13.2. The number of ether oxygens (including phenoxy) is 1. The molecule has 0 radical (unpaired) electrons. The summed E-state index contributed by atoms with van der Waals surface area (Å²) in [7, 11) is 0. The molecule has 0 saturated heterocycles. The van der Waals surface area contributed by atoms with E-state index in [2.05, 4.69) is 0 Å². The smallest absolute Gasteiger partial charge is 0.410 e. The number of unbranched alkanes of at least 4 members (excludes halogenated alkanes) is 1. The van der Waals surface area contributed by atoms with Crippen LogP contribution in [0.25, 0.3) is 0 Å². The first-order chi connectivity index (χ1) is 14.3. The zero-order valence-corrected chi connectivity index (χ0v) is 16.7. The summed E-state index contributed by atoms with van der Waals surface area (Å²) in [6.07, 6.45) is 0.797. The fraction of sp³-hybridized carbons (Fsp3) is 0.318. The van der Waals surface area contributed by atoms with Crippen molar-refractivity contribution in [3.63, 3.8) is 0 Å². The molecule has 0 aliphatic rings. The van der Waals surface area contributed by atoms with Gasteiger partial charge in [0.25, 0.3) is 0 Å². The van der Waals surface area contributed by atoms with Gasteiger partial charge in [-0.15, -0.1) is 0 Å². The normalized spacial score (nSPS) is 11.5. The summed E-state index contributed by atoms with van der Waals surface area (Å²) in [5.74, 6) is -2.82. The third kappa shape index (κ3) is 6.58. The molecule has 2 aromatic rings. The van der Waals surface area contributed by atoms with Gasteiger partial charge in [-0.05, 0) is 35.2 Å². The molecule has 0 fully saturated rings. The van der Waals surface area contributed by atoms with E-state index in [0.29, 0.717) is 29.7 Å². The van der Waals surface area contributed by atoms with Crippen LogP contribution in [0.3, 0.4) is 0 Å². The van der Waals surface area contributed by atoms with Crippen molar-refractivity contribution in [2.45, 2.75) is 32.3 Å². The van der Waals surface area contributed by atoms with E-state index in [1.807, 2.05) is 6.92 Å². The Morgan fingerprint density at radius 3 is 2.13 bits per heavy atom. The van der Waals surface area contributed by atoms with Gasteiger partial charge in [0.2, 0.25) is 5.91 Å². The summed E-state index contributed by atoms with van der Waals surface area (Å²) in [5, 5.41) is 8.95. The largest absolute Gasteiger partial charge is 0.480 e. The van der Waals surface area contributed by atoms with Crippen LogP contribution in [-0.2, 0) is 20.9 Å². The second-order valence-electron chi connectivity index (χ2n) is 6.85. The van der Waals surface area contributed by atoms with Crippen molar-refractivity contribution in [2.24, 2.45) is 5.73 Å². The molecule has 2 aromatic carbocycles. The Balaban J connectivity index is 2.05. The minimum Gasteiger partial charge on any atom is -0.480 e. The molecule has 30 heavy (non-hydrogen) atoms. The van der Waals surface area contributed by atoms with Crippen molar-refractivity contribution in [1.29, 1.82) is 0 Å². The molecule has 1 atom stereocenters. The molecular weight excluding hydrogens is 391 g/mol. The van der Waals surface area contributed by atoms with Gasteiger partial charge in [-0.3, -0.25) is 14.5 Å². The van der Waals surface area contributed by atoms with Gasteiger partial charge in [-0.2, -0.15) is 0 Å². The fourth-order valence-corrected chi connectivity index (χ4v) is 2.97. The number of hydrogen-bond donors (Lipinski definition) is 2. The lowest BCUT2D eigenvalue weighted by molar-refractivity contribution is -0.138. The van der Waals surface area contributed by atoms with E-state index in [9.17, 15) is 18.8 Å². The highest BCUT2D eigenvalue weighted by Gasteiger charge is 2.21. The first-order valence-electron chi connectivity index (χ1n) is 9.59. The number of aliphatic carboxylic acids is 1. The van der Waals surface area contributed by atoms with Crippen molar-refractivity contribution in [3.8, 4) is 0 Å². The number of nitrogens with zero attached hydrogens (tertiary/aromatic N) is 1. The molecule has 2 rings (SSSR count). The highest BCUT2D eigenvalue weighted by atomic mass is 19.1. The van der Waals surface area contributed by atoms with E-state index >= 15 is 0 Å². The minimum atomic E-state index is -1.11. The van der Waals surface area contributed by atoms with Gasteiger partial charge in [-0.1, -0.05) is 49.7 Å². The Labute approximate surface area is 174 Å². The van der Waals surface area contributed by atoms with Crippen LogP contribution < -0.4 is 5.73 Å². The van der Waals surface area contributed by atoms with Crippen LogP contribution in [0.5, 0.6) is 0 Å². The lowest BCUT2D eigenvalue weighted by atomic mass is 9.90. The average Bonchev–Trinajstić information content (AvgIpc) is 2.71. The molecule has 8 heteroatoms. The van der Waals surface area contributed by atoms with Gasteiger partial charge in [0, 0.05) is 6.54 Å². The van der Waals surface area contributed by atoms with Crippen LogP contribution in [0.2, 0.25) is 0 Å². The molecule has 3 N–H and O–H groups in total. The van der Waals surface area contributed by atoms with Gasteiger partial charge in [0.1, 0.15) is 19.0 Å². The summed E-state index contributed by atoms with van der Waals surface area (Å²) in [6, 6.07) is 12.3. The van der Waals surface area contributed by atoms with Gasteiger partial charge in [-0.25, -0.2) is 9.18 Å². The molecule has 0 saturated carbocycles. The molecule has 160 valence electrons. The molecule has 0 heterocycles. The lowest BCUT2D eigenvalue weighted by Gasteiger charge is -2.20. The van der Waals surface area contributed by atoms with Crippen LogP contribution in [0.1, 0.15) is 42.4 Å². The van der Waals surface area contributed by atoms with Crippen molar-refractivity contribution in [2.75, 3.05) is 13.1 Å². The Morgan fingerprint density at radius 1 is 1.07 bits per heavy atom. The van der Waals surface area contributed by atoms with Gasteiger partial charge in [0.15, 0.2) is 0 Å². The predicted octanol–water partition coefficient (Wildman–Crippen LogP) is 3.27. The quantitative estimate of drug-likeness (QED) is 0.618. The van der Waals surface area contributed by atoms with Crippen molar-refractivity contribution < 1.29 is 28.6 Å². The summed E-state index contributed by atoms with van der Waals surface area (Å²) >= 11 is 0. The number of rotatable bonds is 10. The Morgan fingerprint density at radius 2 is 1.63 bits per heavy atom. The van der Waals surface area contributed by atoms with Crippen LogP contribution in [0, 0.1) is 5.82 Å². The maximum atomic E-state index is 13.2. The molecule has 2 amide bonds. The third-order valence-corrected chi connectivity index (χ3v) is 4.53. The molecule has 0 spiro atoms. The van der Waals surface area contributed by atoms with Crippen LogP contribution in [0.4, 0.5) is 9.18 Å². The summed E-state index contributed by atoms with van der Waals surface area (Å²) in [6.45, 7) is 1.78. The second-order valence-corrected chi connectivity index (χ2v) is 6.85. The van der Waals surface area contributed by atoms with Crippen molar-refractivity contribution in [1.82, 2.24) is 4.90 Å². The number of carboxylic acid groups (broad SMARTS) is 1. The number of carboxylic acids is 1. The highest BCUT2D eigenvalue weighted by molar-refractivity contribution is 5.85. The molecular formula is C22H25FN2O5. The number of benzene rings is 2. The van der Waals surface area contributed by atoms with Crippen molar-refractivity contribution in [3.05, 3.63) is 71.0 Å². The Bertz CT molecular complexity index is 868. The Kier molecular flexibility index (Phi) is 8.34. The second kappa shape index (κ2) is 10.9. The average molecular weight is 416 g/mol. The van der Waals surface area contributed by atoms with Crippen molar-refractivity contribution >= 4 is 18.0 Å². The number of halogens is 1. The molecule has 0 aromatic heterocycles. The maximum Gasteiger partial charge on any atom is 0.410 e. The number of primary amides is 1. The number of carbonyl (C=O) groups excluding carboxylic acids is 2. The zero-order valence-electron chi connectivity index (χ0n) is 16.7. The predicted molar refractivity (Wildman–Crippen MR) is 108 cm³/mol. The van der Waals surface area contributed by atoms with Gasteiger partial charge in [0.05, 0.1) is 5.92 Å². The number of hydrogen-bond acceptors (Lipinski definition) is 4. The fourth-order valence-electron chi connectivity index (χ4n) is 2.97. The van der Waals surface area contributed by atoms with Gasteiger partial charge >= 0.3 is 12.1 Å². The highest BCUT2D eigenvalue weighted by Crippen LogP contribution is 2.25. The molecule has 0 bridgehead atoms. The first kappa shape index (κ1) is 22.9. The van der Waals surface area contributed by atoms with E-state index < -0.39 is 36.2 Å². The summed E-state index contributed by atoms with van der Waals surface area (Å²) in [5.41, 5.74) is 7.40. The number of carbonyl (C=O) groups is 3. The number of amides is 2. The number of nitrogens with two attached hydrogens (primary N) is 1.